The van der Waals surface area contributed by atoms with Crippen molar-refractivity contribution in [2.75, 3.05) is 27.3 Å². The second-order valence-corrected chi connectivity index (χ2v) is 12.1. The van der Waals surface area contributed by atoms with E-state index in [0.717, 1.165) is 5.56 Å². The molecule has 0 saturated heterocycles. The van der Waals surface area contributed by atoms with Crippen LogP contribution in [0, 0.1) is 0 Å². The number of allylic oxidation sites excluding steroid dienone is 1. The van der Waals surface area contributed by atoms with Crippen molar-refractivity contribution in [3.8, 4) is 17.2 Å². The molecule has 1 aromatic heterocycles. The number of hydrogen-bond acceptors (Lipinski definition) is 7. The van der Waals surface area contributed by atoms with Crippen molar-refractivity contribution in [1.29, 1.82) is 0 Å². The zero-order valence-corrected chi connectivity index (χ0v) is 27.9. The molecule has 0 aliphatic carbocycles. The third-order valence-electron chi connectivity index (χ3n) is 7.63. The predicted octanol–water partition coefficient (Wildman–Crippen LogP) is 6.01. The van der Waals surface area contributed by atoms with Crippen LogP contribution in [-0.4, -0.2) is 42.7 Å². The molecule has 0 unspecified atom stereocenters. The highest BCUT2D eigenvalue weighted by Crippen LogP contribution is 2.38. The normalized spacial score (nSPS) is 14.6. The van der Waals surface area contributed by atoms with Crippen LogP contribution in [0.2, 0.25) is 10.0 Å². The van der Waals surface area contributed by atoms with Crippen molar-refractivity contribution >= 4 is 46.5 Å². The first-order valence-corrected chi connectivity index (χ1v) is 16.0. The van der Waals surface area contributed by atoms with Gasteiger partial charge < -0.3 is 19.1 Å². The number of likely N-dealkylation sites (N-methyl/N-ethyl adjacent to an activating group) is 1. The molecule has 4 aromatic rings. The number of fused-ring (bicyclic) bond motifs is 1. The average Bonchev–Trinajstić information content (AvgIpc) is 3.34. The number of rotatable bonds is 10. The summed E-state index contributed by atoms with van der Waals surface area (Å²) in [4.78, 5) is 35.3. The van der Waals surface area contributed by atoms with Crippen LogP contribution in [0.5, 0.6) is 17.2 Å². The third-order valence-corrected chi connectivity index (χ3v) is 9.22. The summed E-state index contributed by atoms with van der Waals surface area (Å²) < 4.78 is 19.4. The zero-order chi connectivity index (χ0) is 32.2. The zero-order valence-electron chi connectivity index (χ0n) is 25.6. The van der Waals surface area contributed by atoms with E-state index >= 15 is 0 Å². The fraction of sp³-hybridized carbons (Fsp3) is 0.265. The van der Waals surface area contributed by atoms with Gasteiger partial charge in [-0.25, -0.2) is 4.99 Å². The summed E-state index contributed by atoms with van der Waals surface area (Å²) >= 11 is 14.0. The molecule has 1 aliphatic heterocycles. The Morgan fingerprint density at radius 1 is 1.02 bits per heavy atom. The molecule has 1 amide bonds. The largest absolute Gasteiger partial charge is 0.497 e. The second kappa shape index (κ2) is 13.9. The molecule has 0 saturated carbocycles. The summed E-state index contributed by atoms with van der Waals surface area (Å²) in [5, 5.41) is 1.08. The van der Waals surface area contributed by atoms with E-state index in [4.69, 9.17) is 42.4 Å². The number of carbonyl (C=O) groups excluding carboxylic acids is 1. The predicted molar refractivity (Wildman–Crippen MR) is 178 cm³/mol. The van der Waals surface area contributed by atoms with Crippen LogP contribution in [0.1, 0.15) is 43.5 Å². The number of amides is 1. The smallest absolute Gasteiger partial charge is 0.271 e. The van der Waals surface area contributed by atoms with Gasteiger partial charge in [-0.05, 0) is 69.3 Å². The number of ether oxygens (including phenoxy) is 3. The van der Waals surface area contributed by atoms with Crippen LogP contribution in [-0.2, 0) is 11.4 Å². The lowest BCUT2D eigenvalue weighted by Gasteiger charge is -2.30. The van der Waals surface area contributed by atoms with Crippen molar-refractivity contribution in [2.24, 2.45) is 4.99 Å². The van der Waals surface area contributed by atoms with E-state index in [0.29, 0.717) is 72.1 Å². The summed E-state index contributed by atoms with van der Waals surface area (Å²) in [6.45, 7) is 6.88. The Labute approximate surface area is 275 Å². The van der Waals surface area contributed by atoms with Gasteiger partial charge in [0.2, 0.25) is 0 Å². The van der Waals surface area contributed by atoms with E-state index in [2.05, 4.69) is 0 Å². The molecule has 5 rings (SSSR count). The Bertz CT molecular complexity index is 1960. The van der Waals surface area contributed by atoms with Crippen molar-refractivity contribution in [3.63, 3.8) is 0 Å². The Hall–Kier alpha value is -4.05. The van der Waals surface area contributed by atoms with E-state index in [1.165, 1.54) is 11.3 Å². The fourth-order valence-corrected chi connectivity index (χ4v) is 6.71. The third kappa shape index (κ3) is 6.52. The summed E-state index contributed by atoms with van der Waals surface area (Å²) in [5.41, 5.74) is 2.67. The molecular weight excluding hydrogens is 633 g/mol. The number of hydrogen-bond donors (Lipinski definition) is 0. The lowest BCUT2D eigenvalue weighted by Crippen LogP contribution is -2.43. The van der Waals surface area contributed by atoms with E-state index in [9.17, 15) is 9.59 Å². The summed E-state index contributed by atoms with van der Waals surface area (Å²) in [7, 11) is 3.12. The van der Waals surface area contributed by atoms with Gasteiger partial charge in [0.05, 0.1) is 30.0 Å². The molecule has 0 radical (unpaired) electrons. The monoisotopic (exact) mass is 665 g/mol. The van der Waals surface area contributed by atoms with E-state index in [-0.39, 0.29) is 18.1 Å². The minimum Gasteiger partial charge on any atom is -0.497 e. The summed E-state index contributed by atoms with van der Waals surface area (Å²) in [6, 6.07) is 17.2. The van der Waals surface area contributed by atoms with Crippen LogP contribution in [0.15, 0.2) is 81.7 Å². The van der Waals surface area contributed by atoms with Gasteiger partial charge in [-0.2, -0.15) is 0 Å². The van der Waals surface area contributed by atoms with Crippen molar-refractivity contribution in [1.82, 2.24) is 9.47 Å². The van der Waals surface area contributed by atoms with Crippen LogP contribution in [0.25, 0.3) is 6.08 Å². The van der Waals surface area contributed by atoms with Gasteiger partial charge in [-0.15, -0.1) is 0 Å². The Balaban J connectivity index is 1.69. The van der Waals surface area contributed by atoms with Crippen LogP contribution >= 0.6 is 34.5 Å². The number of nitrogens with zero attached hydrogens (tertiary/aromatic N) is 3. The maximum atomic E-state index is 14.3. The first-order valence-electron chi connectivity index (χ1n) is 14.4. The number of carbonyl (C=O) groups is 1. The molecule has 45 heavy (non-hydrogen) atoms. The molecule has 234 valence electrons. The summed E-state index contributed by atoms with van der Waals surface area (Å²) in [5.74, 6) is 1.41. The van der Waals surface area contributed by atoms with Crippen LogP contribution < -0.4 is 29.1 Å². The standard InChI is InChI=1S/C34H33Cl2N3O5S/c1-6-38(7-2)33(41)30-20(3)37-34-39(31(30)25-18-24(42-4)13-15-28(25)43-5)32(40)29(45-34)17-22-16-23(35)12-14-27(22)44-19-21-10-8-9-11-26(21)36/h8-18,31H,6-7,19H2,1-5H3/b29-17+/t31-/m1/s1. The van der Waals surface area contributed by atoms with Gasteiger partial charge in [-0.3, -0.25) is 14.2 Å². The minimum absolute atomic E-state index is 0.199. The number of aromatic nitrogens is 1. The Kier molecular flexibility index (Phi) is 10.0. The fourth-order valence-electron chi connectivity index (χ4n) is 5.30. The molecule has 0 spiro atoms. The number of thiazole rings is 1. The average molecular weight is 667 g/mol. The number of halogens is 2. The Morgan fingerprint density at radius 2 is 1.76 bits per heavy atom. The highest BCUT2D eigenvalue weighted by atomic mass is 35.5. The summed E-state index contributed by atoms with van der Waals surface area (Å²) in [6.07, 6.45) is 1.74. The highest BCUT2D eigenvalue weighted by Gasteiger charge is 2.36. The lowest BCUT2D eigenvalue weighted by atomic mass is 9.93. The van der Waals surface area contributed by atoms with Crippen molar-refractivity contribution in [2.45, 2.75) is 33.4 Å². The first kappa shape index (κ1) is 32.3. The van der Waals surface area contributed by atoms with E-state index in [1.54, 1.807) is 79.2 Å². The number of methoxy groups -OCH3 is 2. The SMILES string of the molecule is CCN(CC)C(=O)C1=C(C)N=c2s/c(=C/c3cc(Cl)ccc3OCc3ccccc3Cl)c(=O)n2[C@@H]1c1cc(OC)ccc1OC. The second-order valence-electron chi connectivity index (χ2n) is 10.2. The highest BCUT2D eigenvalue weighted by molar-refractivity contribution is 7.07. The minimum atomic E-state index is -0.808. The van der Waals surface area contributed by atoms with Crippen LogP contribution in [0.4, 0.5) is 0 Å². The quantitative estimate of drug-likeness (QED) is 0.207. The lowest BCUT2D eigenvalue weighted by molar-refractivity contribution is -0.127. The van der Waals surface area contributed by atoms with Gasteiger partial charge in [0.25, 0.3) is 11.5 Å². The molecule has 11 heteroatoms. The molecular formula is C34H33Cl2N3O5S. The van der Waals surface area contributed by atoms with Gasteiger partial charge in [0.1, 0.15) is 29.9 Å². The molecule has 0 fully saturated rings. The maximum Gasteiger partial charge on any atom is 0.271 e. The van der Waals surface area contributed by atoms with E-state index in [1.807, 2.05) is 32.0 Å². The molecule has 0 N–H and O–H groups in total. The molecule has 3 aromatic carbocycles. The number of benzene rings is 3. The topological polar surface area (TPSA) is 82.4 Å². The van der Waals surface area contributed by atoms with Gasteiger partial charge in [0, 0.05) is 39.8 Å². The Morgan fingerprint density at radius 3 is 2.44 bits per heavy atom. The van der Waals surface area contributed by atoms with Gasteiger partial charge >= 0.3 is 0 Å². The van der Waals surface area contributed by atoms with Gasteiger partial charge in [0.15, 0.2) is 4.80 Å². The van der Waals surface area contributed by atoms with Gasteiger partial charge in [-0.1, -0.05) is 52.7 Å². The molecule has 1 atom stereocenters. The first-order chi connectivity index (χ1) is 21.7. The van der Waals surface area contributed by atoms with Crippen molar-refractivity contribution in [3.05, 3.63) is 118 Å². The molecule has 8 nitrogen and oxygen atoms in total. The molecule has 0 bridgehead atoms. The maximum absolute atomic E-state index is 14.3. The van der Waals surface area contributed by atoms with Crippen molar-refractivity contribution < 1.29 is 19.0 Å². The van der Waals surface area contributed by atoms with E-state index < -0.39 is 6.04 Å². The van der Waals surface area contributed by atoms with Crippen LogP contribution in [0.3, 0.4) is 0 Å². The molecule has 2 heterocycles. The molecule has 1 aliphatic rings.